The molecule has 1 aromatic carbocycles. The zero-order valence-electron chi connectivity index (χ0n) is 13.5. The second-order valence-electron chi connectivity index (χ2n) is 5.84. The molecule has 0 bridgehead atoms. The van der Waals surface area contributed by atoms with Crippen molar-refractivity contribution in [1.82, 2.24) is 4.90 Å². The Hall–Kier alpha value is -1.59. The average molecular weight is 338 g/mol. The van der Waals surface area contributed by atoms with Crippen LogP contribution in [0, 0.1) is 0 Å². The Labute approximate surface area is 142 Å². The SMILES string of the molecule is CCCCC1CN(c2ccc(Cl)cc2)C(=O)CN1C(=O)CCN. The molecule has 0 radical (unpaired) electrons. The molecule has 1 saturated heterocycles. The quantitative estimate of drug-likeness (QED) is 0.867. The highest BCUT2D eigenvalue weighted by molar-refractivity contribution is 6.30. The molecule has 2 rings (SSSR count). The Morgan fingerprint density at radius 1 is 1.35 bits per heavy atom. The van der Waals surface area contributed by atoms with Crippen molar-refractivity contribution in [2.45, 2.75) is 38.6 Å². The molecule has 0 aromatic heterocycles. The van der Waals surface area contributed by atoms with Crippen LogP contribution in [0.25, 0.3) is 0 Å². The van der Waals surface area contributed by atoms with Crippen LogP contribution in [-0.4, -0.2) is 42.4 Å². The Morgan fingerprint density at radius 2 is 2.04 bits per heavy atom. The van der Waals surface area contributed by atoms with E-state index in [0.29, 0.717) is 18.1 Å². The monoisotopic (exact) mass is 337 g/mol. The molecule has 1 fully saturated rings. The van der Waals surface area contributed by atoms with E-state index in [0.717, 1.165) is 24.9 Å². The summed E-state index contributed by atoms with van der Waals surface area (Å²) in [4.78, 5) is 28.2. The van der Waals surface area contributed by atoms with Crippen molar-refractivity contribution in [2.75, 3.05) is 24.5 Å². The summed E-state index contributed by atoms with van der Waals surface area (Å²) in [6.45, 7) is 3.08. The van der Waals surface area contributed by atoms with Gasteiger partial charge in [-0.05, 0) is 30.7 Å². The number of piperazine rings is 1. The summed E-state index contributed by atoms with van der Waals surface area (Å²) in [6, 6.07) is 7.28. The molecule has 0 aliphatic carbocycles. The topological polar surface area (TPSA) is 66.6 Å². The molecule has 0 saturated carbocycles. The number of carbonyl (C=O) groups is 2. The molecule has 1 aliphatic rings. The van der Waals surface area contributed by atoms with E-state index in [4.69, 9.17) is 17.3 Å². The third kappa shape index (κ3) is 4.45. The number of amides is 2. The van der Waals surface area contributed by atoms with Gasteiger partial charge in [-0.15, -0.1) is 0 Å². The zero-order chi connectivity index (χ0) is 16.8. The molecule has 2 N–H and O–H groups in total. The summed E-state index contributed by atoms with van der Waals surface area (Å²) in [5, 5.41) is 0.639. The molecule has 1 heterocycles. The van der Waals surface area contributed by atoms with Crippen molar-refractivity contribution in [2.24, 2.45) is 5.73 Å². The fourth-order valence-corrected chi connectivity index (χ4v) is 3.01. The van der Waals surface area contributed by atoms with Crippen molar-refractivity contribution in [3.63, 3.8) is 0 Å². The second-order valence-corrected chi connectivity index (χ2v) is 6.27. The molecule has 6 heteroatoms. The lowest BCUT2D eigenvalue weighted by molar-refractivity contribution is -0.139. The molecule has 1 aliphatic heterocycles. The first-order valence-electron chi connectivity index (χ1n) is 8.12. The lowest BCUT2D eigenvalue weighted by Gasteiger charge is -2.41. The van der Waals surface area contributed by atoms with Crippen LogP contribution in [0.3, 0.4) is 0 Å². The maximum absolute atomic E-state index is 12.5. The third-order valence-electron chi connectivity index (χ3n) is 4.15. The number of rotatable bonds is 6. The van der Waals surface area contributed by atoms with E-state index in [1.54, 1.807) is 21.9 Å². The van der Waals surface area contributed by atoms with E-state index < -0.39 is 0 Å². The van der Waals surface area contributed by atoms with E-state index >= 15 is 0 Å². The van der Waals surface area contributed by atoms with Gasteiger partial charge in [0.2, 0.25) is 11.8 Å². The lowest BCUT2D eigenvalue weighted by atomic mass is 10.0. The lowest BCUT2D eigenvalue weighted by Crippen LogP contribution is -2.58. The van der Waals surface area contributed by atoms with Crippen molar-refractivity contribution < 1.29 is 9.59 Å². The molecule has 126 valence electrons. The second kappa shape index (κ2) is 8.31. The van der Waals surface area contributed by atoms with Gasteiger partial charge in [0, 0.05) is 30.2 Å². The summed E-state index contributed by atoms with van der Waals surface area (Å²) < 4.78 is 0. The van der Waals surface area contributed by atoms with Gasteiger partial charge in [0.25, 0.3) is 0 Å². The summed E-state index contributed by atoms with van der Waals surface area (Å²) in [7, 11) is 0. The van der Waals surface area contributed by atoms with E-state index in [9.17, 15) is 9.59 Å². The number of hydrogen-bond donors (Lipinski definition) is 1. The van der Waals surface area contributed by atoms with Gasteiger partial charge in [-0.2, -0.15) is 0 Å². The Kier molecular flexibility index (Phi) is 6.42. The van der Waals surface area contributed by atoms with Crippen LogP contribution >= 0.6 is 11.6 Å². The Balaban J connectivity index is 2.17. The van der Waals surface area contributed by atoms with Gasteiger partial charge in [-0.1, -0.05) is 31.4 Å². The van der Waals surface area contributed by atoms with Crippen LogP contribution in [0.2, 0.25) is 5.02 Å². The Morgan fingerprint density at radius 3 is 2.65 bits per heavy atom. The molecule has 23 heavy (non-hydrogen) atoms. The largest absolute Gasteiger partial charge is 0.330 e. The van der Waals surface area contributed by atoms with Crippen LogP contribution in [0.5, 0.6) is 0 Å². The zero-order valence-corrected chi connectivity index (χ0v) is 14.3. The maximum atomic E-state index is 12.5. The smallest absolute Gasteiger partial charge is 0.246 e. The van der Waals surface area contributed by atoms with Crippen LogP contribution < -0.4 is 10.6 Å². The van der Waals surface area contributed by atoms with E-state index in [-0.39, 0.29) is 30.8 Å². The normalized spacial score (nSPS) is 18.4. The van der Waals surface area contributed by atoms with Crippen LogP contribution in [0.4, 0.5) is 5.69 Å². The number of unbranched alkanes of at least 4 members (excludes halogenated alkanes) is 1. The fourth-order valence-electron chi connectivity index (χ4n) is 2.89. The van der Waals surface area contributed by atoms with Gasteiger partial charge in [-0.25, -0.2) is 0 Å². The van der Waals surface area contributed by atoms with E-state index in [2.05, 4.69) is 6.92 Å². The summed E-state index contributed by atoms with van der Waals surface area (Å²) >= 11 is 5.92. The molecular formula is C17H24ClN3O2. The van der Waals surface area contributed by atoms with Crippen molar-refractivity contribution in [1.29, 1.82) is 0 Å². The number of carbonyl (C=O) groups excluding carboxylic acids is 2. The van der Waals surface area contributed by atoms with Gasteiger partial charge in [0.05, 0.1) is 6.04 Å². The average Bonchev–Trinajstić information content (AvgIpc) is 2.54. The van der Waals surface area contributed by atoms with Crippen molar-refractivity contribution >= 4 is 29.1 Å². The number of anilines is 1. The summed E-state index contributed by atoms with van der Waals surface area (Å²) in [5.41, 5.74) is 6.32. The highest BCUT2D eigenvalue weighted by Gasteiger charge is 2.34. The van der Waals surface area contributed by atoms with Gasteiger partial charge in [-0.3, -0.25) is 9.59 Å². The highest BCUT2D eigenvalue weighted by atomic mass is 35.5. The molecule has 5 nitrogen and oxygen atoms in total. The molecule has 1 aromatic rings. The molecule has 2 amide bonds. The van der Waals surface area contributed by atoms with Gasteiger partial charge in [0.15, 0.2) is 0 Å². The first-order chi connectivity index (χ1) is 11.1. The van der Waals surface area contributed by atoms with E-state index in [1.165, 1.54) is 0 Å². The number of halogens is 1. The minimum absolute atomic E-state index is 0.0299. The summed E-state index contributed by atoms with van der Waals surface area (Å²) in [6.07, 6.45) is 3.27. The van der Waals surface area contributed by atoms with Crippen LogP contribution in [0.15, 0.2) is 24.3 Å². The number of nitrogens with two attached hydrogens (primary N) is 1. The van der Waals surface area contributed by atoms with Crippen molar-refractivity contribution in [3.8, 4) is 0 Å². The molecule has 0 spiro atoms. The number of nitrogens with zero attached hydrogens (tertiary/aromatic N) is 2. The van der Waals surface area contributed by atoms with E-state index in [1.807, 2.05) is 12.1 Å². The first-order valence-corrected chi connectivity index (χ1v) is 8.50. The minimum atomic E-state index is -0.0644. The summed E-state index contributed by atoms with van der Waals surface area (Å²) in [5.74, 6) is -0.0943. The van der Waals surface area contributed by atoms with Gasteiger partial charge in [0.1, 0.15) is 6.54 Å². The number of benzene rings is 1. The Bertz CT molecular complexity index is 547. The van der Waals surface area contributed by atoms with Crippen LogP contribution in [-0.2, 0) is 9.59 Å². The predicted octanol–water partition coefficient (Wildman–Crippen LogP) is 2.42. The standard InChI is InChI=1S/C17H24ClN3O2/c1-2-3-4-15-11-20(14-7-5-13(18)6-8-14)17(23)12-21(15)16(22)9-10-19/h5-8,15H,2-4,9-12,19H2,1H3. The fraction of sp³-hybridized carbons (Fsp3) is 0.529. The first kappa shape index (κ1) is 17.8. The highest BCUT2D eigenvalue weighted by Crippen LogP contribution is 2.24. The molecule has 1 unspecified atom stereocenters. The van der Waals surface area contributed by atoms with Crippen LogP contribution in [0.1, 0.15) is 32.6 Å². The minimum Gasteiger partial charge on any atom is -0.330 e. The third-order valence-corrected chi connectivity index (χ3v) is 4.40. The van der Waals surface area contributed by atoms with Crippen molar-refractivity contribution in [3.05, 3.63) is 29.3 Å². The maximum Gasteiger partial charge on any atom is 0.246 e. The molecule has 1 atom stereocenters. The predicted molar refractivity (Wildman–Crippen MR) is 92.5 cm³/mol. The molecular weight excluding hydrogens is 314 g/mol. The number of hydrogen-bond acceptors (Lipinski definition) is 3. The van der Waals surface area contributed by atoms with Gasteiger partial charge < -0.3 is 15.5 Å². The van der Waals surface area contributed by atoms with Gasteiger partial charge >= 0.3 is 0 Å².